The van der Waals surface area contributed by atoms with Gasteiger partial charge in [-0.25, -0.2) is 0 Å². The topological polar surface area (TPSA) is 35.5 Å². The van der Waals surface area contributed by atoms with E-state index in [0.29, 0.717) is 11.7 Å². The summed E-state index contributed by atoms with van der Waals surface area (Å²) < 4.78 is 11.7. The molecule has 0 N–H and O–H groups in total. The van der Waals surface area contributed by atoms with Gasteiger partial charge in [-0.3, -0.25) is 4.79 Å². The van der Waals surface area contributed by atoms with Crippen LogP contribution in [0.15, 0.2) is 42.5 Å². The molecule has 2 unspecified atom stereocenters. The van der Waals surface area contributed by atoms with Crippen LogP contribution in [0.3, 0.4) is 0 Å². The van der Waals surface area contributed by atoms with E-state index >= 15 is 0 Å². The molecule has 3 rings (SSSR count). The van der Waals surface area contributed by atoms with E-state index in [2.05, 4.69) is 13.0 Å². The van der Waals surface area contributed by atoms with E-state index in [4.69, 9.17) is 9.47 Å². The number of Topliss-reactive ketones (excluding diaryl/α,β-unsaturated/α-hetero) is 1. The van der Waals surface area contributed by atoms with Gasteiger partial charge >= 0.3 is 0 Å². The van der Waals surface area contributed by atoms with Crippen molar-refractivity contribution in [3.8, 4) is 0 Å². The van der Waals surface area contributed by atoms with Gasteiger partial charge in [0.1, 0.15) is 6.61 Å². The molecule has 0 radical (unpaired) electrons. The standard InChI is InChI=1S/C23H30O3/c1-2-3-4-5-6-11-21-14-15-23(26-21)25-17-22(24)20-13-12-18-9-7-8-10-19(18)16-20/h7-10,12-13,16,21,23H,2-6,11,14-15,17H2,1H3. The van der Waals surface area contributed by atoms with Crippen molar-refractivity contribution >= 4 is 16.6 Å². The van der Waals surface area contributed by atoms with Crippen LogP contribution >= 0.6 is 0 Å². The Balaban J connectivity index is 1.40. The Morgan fingerprint density at radius 1 is 1.04 bits per heavy atom. The number of carbonyl (C=O) groups is 1. The van der Waals surface area contributed by atoms with Crippen LogP contribution in [0, 0.1) is 0 Å². The molecule has 26 heavy (non-hydrogen) atoms. The summed E-state index contributed by atoms with van der Waals surface area (Å²) in [6.07, 6.45) is 9.58. The number of hydrogen-bond acceptors (Lipinski definition) is 3. The van der Waals surface area contributed by atoms with Gasteiger partial charge in [0.25, 0.3) is 0 Å². The summed E-state index contributed by atoms with van der Waals surface area (Å²) in [7, 11) is 0. The summed E-state index contributed by atoms with van der Waals surface area (Å²) in [6, 6.07) is 13.9. The zero-order chi connectivity index (χ0) is 18.2. The van der Waals surface area contributed by atoms with E-state index in [9.17, 15) is 4.79 Å². The fourth-order valence-electron chi connectivity index (χ4n) is 3.60. The minimum Gasteiger partial charge on any atom is -0.349 e. The first-order valence-electron chi connectivity index (χ1n) is 10.1. The minimum atomic E-state index is -0.222. The summed E-state index contributed by atoms with van der Waals surface area (Å²) in [6.45, 7) is 2.33. The molecule has 2 aromatic carbocycles. The molecule has 0 aromatic heterocycles. The third-order valence-electron chi connectivity index (χ3n) is 5.17. The summed E-state index contributed by atoms with van der Waals surface area (Å²) in [4.78, 5) is 12.4. The molecule has 1 aliphatic heterocycles. The van der Waals surface area contributed by atoms with Crippen LogP contribution < -0.4 is 0 Å². The lowest BCUT2D eigenvalue weighted by atomic mass is 10.0. The molecular formula is C23H30O3. The van der Waals surface area contributed by atoms with Gasteiger partial charge in [0.05, 0.1) is 6.10 Å². The summed E-state index contributed by atoms with van der Waals surface area (Å²) in [5.74, 6) is 0.0161. The number of ketones is 1. The first-order valence-corrected chi connectivity index (χ1v) is 10.1. The first-order chi connectivity index (χ1) is 12.8. The Hall–Kier alpha value is -1.71. The smallest absolute Gasteiger partial charge is 0.188 e. The average Bonchev–Trinajstić information content (AvgIpc) is 3.13. The number of rotatable bonds is 10. The Morgan fingerprint density at radius 2 is 1.85 bits per heavy atom. The number of carbonyl (C=O) groups excluding carboxylic acids is 1. The Kier molecular flexibility index (Phi) is 7.22. The molecule has 0 spiro atoms. The molecule has 2 atom stereocenters. The van der Waals surface area contributed by atoms with E-state index < -0.39 is 0 Å². The monoisotopic (exact) mass is 354 g/mol. The van der Waals surface area contributed by atoms with Gasteiger partial charge in [-0.15, -0.1) is 0 Å². The zero-order valence-corrected chi connectivity index (χ0v) is 15.8. The summed E-state index contributed by atoms with van der Waals surface area (Å²) >= 11 is 0. The third kappa shape index (κ3) is 5.39. The van der Waals surface area contributed by atoms with Crippen LogP contribution in [0.2, 0.25) is 0 Å². The van der Waals surface area contributed by atoms with Crippen molar-refractivity contribution in [2.24, 2.45) is 0 Å². The highest BCUT2D eigenvalue weighted by atomic mass is 16.7. The van der Waals surface area contributed by atoms with E-state index in [1.807, 2.05) is 36.4 Å². The van der Waals surface area contributed by atoms with E-state index in [-0.39, 0.29) is 18.7 Å². The second-order valence-corrected chi connectivity index (χ2v) is 7.26. The van der Waals surface area contributed by atoms with E-state index in [0.717, 1.165) is 30.0 Å². The van der Waals surface area contributed by atoms with Crippen molar-refractivity contribution in [3.63, 3.8) is 0 Å². The van der Waals surface area contributed by atoms with Gasteiger partial charge in [0.15, 0.2) is 12.1 Å². The third-order valence-corrected chi connectivity index (χ3v) is 5.17. The number of ether oxygens (including phenoxy) is 2. The van der Waals surface area contributed by atoms with Crippen LogP contribution in [-0.2, 0) is 9.47 Å². The Morgan fingerprint density at radius 3 is 2.69 bits per heavy atom. The molecule has 1 saturated heterocycles. The molecule has 0 aliphatic carbocycles. The van der Waals surface area contributed by atoms with Gasteiger partial charge in [-0.2, -0.15) is 0 Å². The lowest BCUT2D eigenvalue weighted by Crippen LogP contribution is -2.19. The molecule has 1 heterocycles. The first kappa shape index (κ1) is 19.1. The van der Waals surface area contributed by atoms with Crippen molar-refractivity contribution in [3.05, 3.63) is 48.0 Å². The van der Waals surface area contributed by atoms with Crippen molar-refractivity contribution in [1.29, 1.82) is 0 Å². The molecule has 0 amide bonds. The Labute approximate surface area is 156 Å². The van der Waals surface area contributed by atoms with Crippen LogP contribution in [0.25, 0.3) is 10.8 Å². The molecular weight excluding hydrogens is 324 g/mol. The number of fused-ring (bicyclic) bond motifs is 1. The Bertz CT molecular complexity index is 709. The number of hydrogen-bond donors (Lipinski definition) is 0. The number of unbranched alkanes of at least 4 members (excludes halogenated alkanes) is 4. The fraction of sp³-hybridized carbons (Fsp3) is 0.522. The normalized spacial score (nSPS) is 19.9. The number of benzene rings is 2. The van der Waals surface area contributed by atoms with Crippen molar-refractivity contribution < 1.29 is 14.3 Å². The lowest BCUT2D eigenvalue weighted by Gasteiger charge is -2.14. The lowest BCUT2D eigenvalue weighted by molar-refractivity contribution is -0.127. The van der Waals surface area contributed by atoms with Crippen LogP contribution in [0.1, 0.15) is 68.6 Å². The highest BCUT2D eigenvalue weighted by Gasteiger charge is 2.26. The van der Waals surface area contributed by atoms with Crippen molar-refractivity contribution in [2.75, 3.05) is 6.61 Å². The maximum absolute atomic E-state index is 12.4. The molecule has 1 aliphatic rings. The molecule has 140 valence electrons. The van der Waals surface area contributed by atoms with E-state index in [1.165, 1.54) is 32.1 Å². The molecule has 3 heteroatoms. The highest BCUT2D eigenvalue weighted by molar-refractivity contribution is 6.00. The van der Waals surface area contributed by atoms with Gasteiger partial charge < -0.3 is 9.47 Å². The van der Waals surface area contributed by atoms with Crippen LogP contribution in [0.4, 0.5) is 0 Å². The SMILES string of the molecule is CCCCCCCC1CCC(OCC(=O)c2ccc3ccccc3c2)O1. The highest BCUT2D eigenvalue weighted by Crippen LogP contribution is 2.25. The fourth-order valence-corrected chi connectivity index (χ4v) is 3.60. The molecule has 2 aromatic rings. The predicted molar refractivity (Wildman–Crippen MR) is 106 cm³/mol. The van der Waals surface area contributed by atoms with E-state index in [1.54, 1.807) is 0 Å². The van der Waals surface area contributed by atoms with Crippen molar-refractivity contribution in [1.82, 2.24) is 0 Å². The van der Waals surface area contributed by atoms with Gasteiger partial charge in [0.2, 0.25) is 0 Å². The summed E-state index contributed by atoms with van der Waals surface area (Å²) in [5.41, 5.74) is 0.703. The largest absolute Gasteiger partial charge is 0.349 e. The zero-order valence-electron chi connectivity index (χ0n) is 15.8. The van der Waals surface area contributed by atoms with Gasteiger partial charge in [-0.05, 0) is 29.7 Å². The predicted octanol–water partition coefficient (Wildman–Crippen LogP) is 5.90. The minimum absolute atomic E-state index is 0.0161. The molecule has 0 saturated carbocycles. The molecule has 0 bridgehead atoms. The van der Waals surface area contributed by atoms with Crippen LogP contribution in [-0.4, -0.2) is 24.8 Å². The maximum Gasteiger partial charge on any atom is 0.188 e. The van der Waals surface area contributed by atoms with Gasteiger partial charge in [0, 0.05) is 12.0 Å². The average molecular weight is 354 g/mol. The van der Waals surface area contributed by atoms with Crippen LogP contribution in [0.5, 0.6) is 0 Å². The van der Waals surface area contributed by atoms with Gasteiger partial charge in [-0.1, -0.05) is 75.4 Å². The second-order valence-electron chi connectivity index (χ2n) is 7.26. The molecule has 3 nitrogen and oxygen atoms in total. The summed E-state index contributed by atoms with van der Waals surface area (Å²) in [5, 5.41) is 2.23. The molecule has 1 fully saturated rings. The quantitative estimate of drug-likeness (QED) is 0.393. The second kappa shape index (κ2) is 9.84. The van der Waals surface area contributed by atoms with Crippen molar-refractivity contribution in [2.45, 2.75) is 70.7 Å². The maximum atomic E-state index is 12.4.